The lowest BCUT2D eigenvalue weighted by Gasteiger charge is -2.37. The van der Waals surface area contributed by atoms with E-state index in [2.05, 4.69) is 5.32 Å². The number of nitrogen functional groups attached to an aromatic ring is 1. The van der Waals surface area contributed by atoms with Gasteiger partial charge in [-0.15, -0.1) is 0 Å². The van der Waals surface area contributed by atoms with Gasteiger partial charge in [0.25, 0.3) is 0 Å². The van der Waals surface area contributed by atoms with Crippen LogP contribution in [0.3, 0.4) is 0 Å². The molecule has 0 saturated carbocycles. The number of morpholine rings is 1. The molecular formula is C14H20ClN3O2. The number of nitrogens with two attached hydrogens (primary N) is 1. The fraction of sp³-hybridized carbons (Fsp3) is 0.500. The van der Waals surface area contributed by atoms with Gasteiger partial charge in [-0.05, 0) is 32.0 Å². The summed E-state index contributed by atoms with van der Waals surface area (Å²) >= 11 is 5.92. The molecule has 1 heterocycles. The molecule has 1 aliphatic rings. The number of carbonyl (C=O) groups is 1. The molecule has 1 fully saturated rings. The maximum absolute atomic E-state index is 12.3. The zero-order chi connectivity index (χ0) is 14.7. The van der Waals surface area contributed by atoms with Gasteiger partial charge in [0.15, 0.2) is 0 Å². The zero-order valence-corrected chi connectivity index (χ0v) is 12.5. The number of nitrogens with zero attached hydrogens (tertiary/aromatic N) is 1. The minimum absolute atomic E-state index is 0.0472. The van der Waals surface area contributed by atoms with E-state index in [1.165, 1.54) is 0 Å². The summed E-state index contributed by atoms with van der Waals surface area (Å²) in [6.07, 6.45) is 0. The zero-order valence-electron chi connectivity index (χ0n) is 11.7. The molecule has 110 valence electrons. The first-order valence-electron chi connectivity index (χ1n) is 6.69. The largest absolute Gasteiger partial charge is 0.397 e. The quantitative estimate of drug-likeness (QED) is 0.833. The Hall–Kier alpha value is -1.46. The van der Waals surface area contributed by atoms with Crippen molar-refractivity contribution in [1.29, 1.82) is 0 Å². The smallest absolute Gasteiger partial charge is 0.245 e. The van der Waals surface area contributed by atoms with Crippen molar-refractivity contribution in [2.24, 2.45) is 0 Å². The second-order valence-corrected chi connectivity index (χ2v) is 5.59. The first kappa shape index (κ1) is 14.9. The minimum Gasteiger partial charge on any atom is -0.397 e. The maximum Gasteiger partial charge on any atom is 0.245 e. The van der Waals surface area contributed by atoms with E-state index in [9.17, 15) is 4.79 Å². The highest BCUT2D eigenvalue weighted by atomic mass is 35.5. The van der Waals surface area contributed by atoms with E-state index in [1.54, 1.807) is 12.1 Å². The van der Waals surface area contributed by atoms with Gasteiger partial charge in [0.05, 0.1) is 24.6 Å². The van der Waals surface area contributed by atoms with Gasteiger partial charge in [-0.3, -0.25) is 4.79 Å². The Morgan fingerprint density at radius 1 is 1.55 bits per heavy atom. The molecule has 0 bridgehead atoms. The first-order valence-corrected chi connectivity index (χ1v) is 7.06. The molecular weight excluding hydrogens is 278 g/mol. The lowest BCUT2D eigenvalue weighted by Crippen LogP contribution is -2.55. The monoisotopic (exact) mass is 297 g/mol. The Morgan fingerprint density at radius 3 is 2.95 bits per heavy atom. The third-order valence-electron chi connectivity index (χ3n) is 3.16. The summed E-state index contributed by atoms with van der Waals surface area (Å²) in [6.45, 7) is 5.43. The summed E-state index contributed by atoms with van der Waals surface area (Å²) in [5, 5.41) is 3.50. The number of anilines is 2. The molecule has 3 N–H and O–H groups in total. The number of nitrogens with one attached hydrogen (secondary N) is 1. The first-order chi connectivity index (χ1) is 9.49. The molecule has 5 nitrogen and oxygen atoms in total. The lowest BCUT2D eigenvalue weighted by molar-refractivity contribution is -0.125. The topological polar surface area (TPSA) is 67.6 Å². The van der Waals surface area contributed by atoms with Crippen LogP contribution < -0.4 is 16.0 Å². The number of carbonyl (C=O) groups excluding carboxylic acids is 1. The van der Waals surface area contributed by atoms with Crippen LogP contribution in [-0.2, 0) is 9.53 Å². The highest BCUT2D eigenvalue weighted by Gasteiger charge is 2.30. The number of hydrogen-bond donors (Lipinski definition) is 2. The van der Waals surface area contributed by atoms with Gasteiger partial charge in [0.1, 0.15) is 6.04 Å². The van der Waals surface area contributed by atoms with Gasteiger partial charge in [0, 0.05) is 17.6 Å². The van der Waals surface area contributed by atoms with Crippen molar-refractivity contribution in [3.63, 3.8) is 0 Å². The van der Waals surface area contributed by atoms with Gasteiger partial charge in [-0.25, -0.2) is 0 Å². The van der Waals surface area contributed by atoms with E-state index in [1.807, 2.05) is 24.8 Å². The SMILES string of the molecule is CC(C)NC(=O)C1COCCN1c1ccc(Cl)cc1N. The molecule has 0 aliphatic carbocycles. The molecule has 20 heavy (non-hydrogen) atoms. The van der Waals surface area contributed by atoms with Crippen LogP contribution in [0.25, 0.3) is 0 Å². The second kappa shape index (κ2) is 6.33. The molecule has 1 aliphatic heterocycles. The number of amides is 1. The van der Waals surface area contributed by atoms with Crippen LogP contribution in [0, 0.1) is 0 Å². The van der Waals surface area contributed by atoms with Crippen molar-refractivity contribution in [1.82, 2.24) is 5.32 Å². The van der Waals surface area contributed by atoms with Crippen LogP contribution in [0.2, 0.25) is 5.02 Å². The van der Waals surface area contributed by atoms with E-state index >= 15 is 0 Å². The standard InChI is InChI=1S/C14H20ClN3O2/c1-9(2)17-14(19)13-8-20-6-5-18(13)12-4-3-10(15)7-11(12)16/h3-4,7,9,13H,5-6,8,16H2,1-2H3,(H,17,19). The molecule has 1 aromatic rings. The van der Waals surface area contributed by atoms with Crippen LogP contribution in [0.1, 0.15) is 13.8 Å². The molecule has 1 atom stereocenters. The summed E-state index contributed by atoms with van der Waals surface area (Å²) < 4.78 is 5.43. The molecule has 0 radical (unpaired) electrons. The fourth-order valence-corrected chi connectivity index (χ4v) is 2.46. The summed E-state index contributed by atoms with van der Waals surface area (Å²) in [5.74, 6) is -0.0472. The Bertz CT molecular complexity index is 493. The number of rotatable bonds is 3. The second-order valence-electron chi connectivity index (χ2n) is 5.15. The molecule has 1 amide bonds. The third kappa shape index (κ3) is 3.35. The normalized spacial score (nSPS) is 19.2. The average Bonchev–Trinajstić information content (AvgIpc) is 2.38. The fourth-order valence-electron chi connectivity index (χ4n) is 2.28. The van der Waals surface area contributed by atoms with Gasteiger partial charge in [0.2, 0.25) is 5.91 Å². The van der Waals surface area contributed by atoms with Crippen LogP contribution in [0.5, 0.6) is 0 Å². The Kier molecular flexibility index (Phi) is 4.73. The van der Waals surface area contributed by atoms with Gasteiger partial charge < -0.3 is 20.7 Å². The van der Waals surface area contributed by atoms with E-state index in [4.69, 9.17) is 22.1 Å². The van der Waals surface area contributed by atoms with Crippen LogP contribution >= 0.6 is 11.6 Å². The van der Waals surface area contributed by atoms with Crippen molar-refractivity contribution in [2.45, 2.75) is 25.9 Å². The number of halogens is 1. The highest BCUT2D eigenvalue weighted by Crippen LogP contribution is 2.29. The Labute approximate surface area is 124 Å². The van der Waals surface area contributed by atoms with Crippen molar-refractivity contribution in [3.05, 3.63) is 23.2 Å². The molecule has 1 aromatic carbocycles. The third-order valence-corrected chi connectivity index (χ3v) is 3.40. The Morgan fingerprint density at radius 2 is 2.30 bits per heavy atom. The van der Waals surface area contributed by atoms with Crippen molar-refractivity contribution in [3.8, 4) is 0 Å². The Balaban J connectivity index is 2.24. The summed E-state index contributed by atoms with van der Waals surface area (Å²) in [5.41, 5.74) is 7.41. The van der Waals surface area contributed by atoms with Crippen LogP contribution in [0.4, 0.5) is 11.4 Å². The van der Waals surface area contributed by atoms with Gasteiger partial charge >= 0.3 is 0 Å². The summed E-state index contributed by atoms with van der Waals surface area (Å²) in [4.78, 5) is 14.2. The molecule has 0 aromatic heterocycles. The highest BCUT2D eigenvalue weighted by molar-refractivity contribution is 6.31. The summed E-state index contributed by atoms with van der Waals surface area (Å²) in [7, 11) is 0. The molecule has 0 spiro atoms. The predicted molar refractivity (Wildman–Crippen MR) is 81.1 cm³/mol. The predicted octanol–water partition coefficient (Wildman–Crippen LogP) is 1.65. The van der Waals surface area contributed by atoms with Gasteiger partial charge in [-0.1, -0.05) is 11.6 Å². The van der Waals surface area contributed by atoms with Crippen LogP contribution in [0.15, 0.2) is 18.2 Å². The maximum atomic E-state index is 12.3. The van der Waals surface area contributed by atoms with Crippen molar-refractivity contribution in [2.75, 3.05) is 30.4 Å². The molecule has 6 heteroatoms. The molecule has 1 saturated heterocycles. The molecule has 1 unspecified atom stereocenters. The van der Waals surface area contributed by atoms with E-state index < -0.39 is 0 Å². The van der Waals surface area contributed by atoms with E-state index in [0.29, 0.717) is 30.5 Å². The van der Waals surface area contributed by atoms with E-state index in [0.717, 1.165) is 5.69 Å². The number of ether oxygens (including phenoxy) is 1. The summed E-state index contributed by atoms with van der Waals surface area (Å²) in [6, 6.07) is 5.05. The molecule has 2 rings (SSSR count). The van der Waals surface area contributed by atoms with E-state index in [-0.39, 0.29) is 18.0 Å². The minimum atomic E-state index is -0.366. The van der Waals surface area contributed by atoms with Gasteiger partial charge in [-0.2, -0.15) is 0 Å². The lowest BCUT2D eigenvalue weighted by atomic mass is 10.1. The average molecular weight is 298 g/mol. The van der Waals surface area contributed by atoms with Crippen molar-refractivity contribution < 1.29 is 9.53 Å². The van der Waals surface area contributed by atoms with Crippen LogP contribution in [-0.4, -0.2) is 37.7 Å². The van der Waals surface area contributed by atoms with Crippen molar-refractivity contribution >= 4 is 28.9 Å². The number of benzene rings is 1. The number of hydrogen-bond acceptors (Lipinski definition) is 4.